The van der Waals surface area contributed by atoms with E-state index in [1.54, 1.807) is 18.4 Å². The minimum absolute atomic E-state index is 0.0691. The molecule has 0 bridgehead atoms. The molecular formula is C12H12BrN3O2S. The number of rotatable bonds is 5. The summed E-state index contributed by atoms with van der Waals surface area (Å²) in [7, 11) is 1.73. The fourth-order valence-electron chi connectivity index (χ4n) is 1.60. The van der Waals surface area contributed by atoms with Crippen LogP contribution in [0.15, 0.2) is 34.1 Å². The highest BCUT2D eigenvalue weighted by molar-refractivity contribution is 9.10. The van der Waals surface area contributed by atoms with Crippen molar-refractivity contribution in [2.24, 2.45) is 0 Å². The summed E-state index contributed by atoms with van der Waals surface area (Å²) in [5.74, 6) is 0. The molecule has 5 nitrogen and oxygen atoms in total. The summed E-state index contributed by atoms with van der Waals surface area (Å²) in [4.78, 5) is 11.6. The van der Waals surface area contributed by atoms with Crippen molar-refractivity contribution < 1.29 is 4.92 Å². The first-order chi connectivity index (χ1) is 9.10. The van der Waals surface area contributed by atoms with Crippen molar-refractivity contribution in [3.8, 4) is 0 Å². The van der Waals surface area contributed by atoms with Gasteiger partial charge in [0, 0.05) is 39.9 Å². The van der Waals surface area contributed by atoms with E-state index in [1.165, 1.54) is 12.1 Å². The molecule has 0 unspecified atom stereocenters. The topological polar surface area (TPSA) is 67.2 Å². The van der Waals surface area contributed by atoms with Gasteiger partial charge in [-0.15, -0.1) is 11.3 Å². The number of hydrogen-bond donors (Lipinski definition) is 2. The lowest BCUT2D eigenvalue weighted by Crippen LogP contribution is -2.00. The van der Waals surface area contributed by atoms with Crippen molar-refractivity contribution in [2.75, 3.05) is 17.7 Å². The van der Waals surface area contributed by atoms with Crippen molar-refractivity contribution in [1.29, 1.82) is 0 Å². The highest BCUT2D eigenvalue weighted by Gasteiger charge is 2.09. The first kappa shape index (κ1) is 13.8. The first-order valence-electron chi connectivity index (χ1n) is 5.53. The molecule has 1 aromatic carbocycles. The zero-order valence-corrected chi connectivity index (χ0v) is 12.5. The van der Waals surface area contributed by atoms with Crippen LogP contribution in [0.25, 0.3) is 0 Å². The van der Waals surface area contributed by atoms with E-state index in [1.807, 2.05) is 17.5 Å². The lowest BCUT2D eigenvalue weighted by molar-refractivity contribution is -0.384. The minimum atomic E-state index is -0.396. The van der Waals surface area contributed by atoms with E-state index in [4.69, 9.17) is 0 Å². The van der Waals surface area contributed by atoms with E-state index in [0.29, 0.717) is 12.2 Å². The Balaban J connectivity index is 2.17. The highest BCUT2D eigenvalue weighted by atomic mass is 79.9. The molecule has 100 valence electrons. The molecule has 0 fully saturated rings. The SMILES string of the molecule is CNc1cc(NCc2sccc2Br)cc([N+](=O)[O-])c1. The number of non-ortho nitro benzene ring substituents is 1. The van der Waals surface area contributed by atoms with Crippen molar-refractivity contribution >= 4 is 44.3 Å². The van der Waals surface area contributed by atoms with Crippen molar-refractivity contribution in [1.82, 2.24) is 0 Å². The highest BCUT2D eigenvalue weighted by Crippen LogP contribution is 2.27. The Bertz CT molecular complexity index is 600. The second-order valence-corrected chi connectivity index (χ2v) is 5.68. The number of hydrogen-bond acceptors (Lipinski definition) is 5. The number of anilines is 2. The molecule has 1 heterocycles. The van der Waals surface area contributed by atoms with Gasteiger partial charge in [0.2, 0.25) is 0 Å². The van der Waals surface area contributed by atoms with Crippen LogP contribution in [0.5, 0.6) is 0 Å². The molecule has 0 amide bonds. The number of nitrogens with zero attached hydrogens (tertiary/aromatic N) is 1. The molecule has 0 aliphatic carbocycles. The van der Waals surface area contributed by atoms with Crippen LogP contribution in [-0.2, 0) is 6.54 Å². The van der Waals surface area contributed by atoms with Crippen molar-refractivity contribution in [2.45, 2.75) is 6.54 Å². The third kappa shape index (κ3) is 3.45. The average Bonchev–Trinajstić information content (AvgIpc) is 2.81. The monoisotopic (exact) mass is 341 g/mol. The van der Waals surface area contributed by atoms with Crippen molar-refractivity contribution in [3.05, 3.63) is 49.1 Å². The molecule has 0 saturated heterocycles. The molecule has 0 spiro atoms. The Morgan fingerprint density at radius 2 is 2.11 bits per heavy atom. The Morgan fingerprint density at radius 3 is 2.68 bits per heavy atom. The van der Waals surface area contributed by atoms with Gasteiger partial charge in [-0.2, -0.15) is 0 Å². The summed E-state index contributed by atoms with van der Waals surface area (Å²) in [6.07, 6.45) is 0. The quantitative estimate of drug-likeness (QED) is 0.635. The summed E-state index contributed by atoms with van der Waals surface area (Å²) >= 11 is 5.09. The van der Waals surface area contributed by atoms with Gasteiger partial charge in [0.25, 0.3) is 5.69 Å². The largest absolute Gasteiger partial charge is 0.388 e. The predicted molar refractivity (Wildman–Crippen MR) is 82.0 cm³/mol. The van der Waals surface area contributed by atoms with E-state index in [-0.39, 0.29) is 5.69 Å². The van der Waals surface area contributed by atoms with Gasteiger partial charge in [-0.1, -0.05) is 0 Å². The summed E-state index contributed by atoms with van der Waals surface area (Å²) in [6, 6.07) is 6.86. The van der Waals surface area contributed by atoms with Gasteiger partial charge in [-0.25, -0.2) is 0 Å². The second-order valence-electron chi connectivity index (χ2n) is 3.82. The summed E-state index contributed by atoms with van der Waals surface area (Å²) < 4.78 is 1.05. The van der Waals surface area contributed by atoms with Gasteiger partial charge >= 0.3 is 0 Å². The molecule has 1 aromatic heterocycles. The Morgan fingerprint density at radius 1 is 1.37 bits per heavy atom. The number of nitro groups is 1. The predicted octanol–water partition coefficient (Wildman–Crippen LogP) is 4.07. The van der Waals surface area contributed by atoms with E-state index in [0.717, 1.165) is 15.0 Å². The van der Waals surface area contributed by atoms with Gasteiger partial charge in [0.1, 0.15) is 0 Å². The van der Waals surface area contributed by atoms with Crippen LogP contribution < -0.4 is 10.6 Å². The molecule has 2 aromatic rings. The fraction of sp³-hybridized carbons (Fsp3) is 0.167. The maximum Gasteiger partial charge on any atom is 0.273 e. The van der Waals surface area contributed by atoms with Gasteiger partial charge in [-0.3, -0.25) is 10.1 Å². The minimum Gasteiger partial charge on any atom is -0.388 e. The first-order valence-corrected chi connectivity index (χ1v) is 7.20. The molecule has 0 radical (unpaired) electrons. The number of nitro benzene ring substituents is 1. The third-order valence-corrected chi connectivity index (χ3v) is 4.49. The number of halogens is 1. The molecule has 2 rings (SSSR count). The average molecular weight is 342 g/mol. The Hall–Kier alpha value is -1.60. The molecule has 0 aliphatic heterocycles. The van der Waals surface area contributed by atoms with E-state index < -0.39 is 4.92 Å². The maximum atomic E-state index is 10.9. The molecule has 19 heavy (non-hydrogen) atoms. The van der Waals surface area contributed by atoms with Gasteiger partial charge in [0.15, 0.2) is 0 Å². The van der Waals surface area contributed by atoms with Crippen LogP contribution in [0.3, 0.4) is 0 Å². The summed E-state index contributed by atoms with van der Waals surface area (Å²) in [6.45, 7) is 0.628. The number of nitrogens with one attached hydrogen (secondary N) is 2. The molecule has 7 heteroatoms. The molecular weight excluding hydrogens is 330 g/mol. The van der Waals surface area contributed by atoms with Crippen LogP contribution in [0.4, 0.5) is 17.1 Å². The van der Waals surface area contributed by atoms with E-state index in [2.05, 4.69) is 26.6 Å². The number of thiophene rings is 1. The standard InChI is InChI=1S/C12H12BrN3O2S/c1-14-8-4-9(6-10(5-8)16(17)18)15-7-12-11(13)2-3-19-12/h2-6,14-15H,7H2,1H3. The molecule has 0 aliphatic rings. The lowest BCUT2D eigenvalue weighted by Gasteiger charge is -2.08. The summed E-state index contributed by atoms with van der Waals surface area (Å²) in [5.41, 5.74) is 1.50. The van der Waals surface area contributed by atoms with Crippen LogP contribution in [-0.4, -0.2) is 12.0 Å². The van der Waals surface area contributed by atoms with Crippen LogP contribution in [0.2, 0.25) is 0 Å². The molecule has 0 saturated carbocycles. The fourth-order valence-corrected chi connectivity index (χ4v) is 3.03. The maximum absolute atomic E-state index is 10.9. The second kappa shape index (κ2) is 6.03. The zero-order chi connectivity index (χ0) is 13.8. The molecule has 2 N–H and O–H groups in total. The van der Waals surface area contributed by atoms with E-state index in [9.17, 15) is 10.1 Å². The lowest BCUT2D eigenvalue weighted by atomic mass is 10.2. The van der Waals surface area contributed by atoms with Crippen molar-refractivity contribution in [3.63, 3.8) is 0 Å². The number of benzene rings is 1. The smallest absolute Gasteiger partial charge is 0.273 e. The summed E-state index contributed by atoms with van der Waals surface area (Å²) in [5, 5.41) is 19.0. The van der Waals surface area contributed by atoms with Gasteiger partial charge in [0.05, 0.1) is 11.5 Å². The Kier molecular flexibility index (Phi) is 4.39. The Labute approximate surface area is 122 Å². The van der Waals surface area contributed by atoms with Crippen LogP contribution >= 0.6 is 27.3 Å². The van der Waals surface area contributed by atoms with Crippen LogP contribution in [0.1, 0.15) is 4.88 Å². The van der Waals surface area contributed by atoms with Gasteiger partial charge < -0.3 is 10.6 Å². The van der Waals surface area contributed by atoms with Gasteiger partial charge in [-0.05, 0) is 33.4 Å². The third-order valence-electron chi connectivity index (χ3n) is 2.56. The van der Waals surface area contributed by atoms with Crippen LogP contribution in [0, 0.1) is 10.1 Å². The molecule has 0 atom stereocenters. The zero-order valence-electron chi connectivity index (χ0n) is 10.1. The normalized spacial score (nSPS) is 10.2. The van der Waals surface area contributed by atoms with E-state index >= 15 is 0 Å².